The molecule has 2 rings (SSSR count). The van der Waals surface area contributed by atoms with Gasteiger partial charge in [0, 0.05) is 5.56 Å². The van der Waals surface area contributed by atoms with Crippen molar-refractivity contribution in [3.05, 3.63) is 35.5 Å². The average molecular weight is 264 g/mol. The van der Waals surface area contributed by atoms with Crippen LogP contribution in [0, 0.1) is 12.7 Å². The highest BCUT2D eigenvalue weighted by Gasteiger charge is 2.21. The minimum atomic E-state index is -0.511. The lowest BCUT2D eigenvalue weighted by molar-refractivity contribution is 0.129. The van der Waals surface area contributed by atoms with E-state index >= 15 is 0 Å². The second-order valence-electron chi connectivity index (χ2n) is 4.68. The van der Waals surface area contributed by atoms with E-state index in [1.165, 1.54) is 12.1 Å². The van der Waals surface area contributed by atoms with E-state index in [1.54, 1.807) is 13.0 Å². The summed E-state index contributed by atoms with van der Waals surface area (Å²) in [5, 5.41) is 13.7. The molecule has 1 heterocycles. The lowest BCUT2D eigenvalue weighted by Crippen LogP contribution is -2.14. The van der Waals surface area contributed by atoms with Crippen LogP contribution in [0.25, 0.3) is 11.4 Å². The zero-order valence-electron chi connectivity index (χ0n) is 11.2. The summed E-state index contributed by atoms with van der Waals surface area (Å²) in [6, 6.07) is 4.42. The summed E-state index contributed by atoms with van der Waals surface area (Å²) in [5.41, 5.74) is 1.48. The molecule has 0 aliphatic heterocycles. The van der Waals surface area contributed by atoms with Gasteiger partial charge >= 0.3 is 0 Å². The molecule has 0 aliphatic carbocycles. The van der Waals surface area contributed by atoms with Gasteiger partial charge in [-0.2, -0.15) is 4.98 Å². The quantitative estimate of drug-likeness (QED) is 0.922. The van der Waals surface area contributed by atoms with Gasteiger partial charge in [-0.3, -0.25) is 0 Å². The fourth-order valence-corrected chi connectivity index (χ4v) is 1.93. The zero-order valence-corrected chi connectivity index (χ0v) is 11.2. The predicted molar refractivity (Wildman–Crippen MR) is 69.1 cm³/mol. The Labute approximate surface area is 111 Å². The van der Waals surface area contributed by atoms with Gasteiger partial charge in [0.1, 0.15) is 5.82 Å². The van der Waals surface area contributed by atoms with Crippen LogP contribution in [0.5, 0.6) is 0 Å². The van der Waals surface area contributed by atoms with Gasteiger partial charge in [-0.15, -0.1) is 0 Å². The van der Waals surface area contributed by atoms with Crippen LogP contribution in [-0.2, 0) is 0 Å². The summed E-state index contributed by atoms with van der Waals surface area (Å²) in [7, 11) is 0. The van der Waals surface area contributed by atoms with E-state index in [0.717, 1.165) is 11.1 Å². The number of rotatable bonds is 4. The van der Waals surface area contributed by atoms with Crippen LogP contribution in [0.4, 0.5) is 4.39 Å². The van der Waals surface area contributed by atoms with Crippen LogP contribution >= 0.6 is 0 Å². The van der Waals surface area contributed by atoms with Crippen LogP contribution in [0.15, 0.2) is 22.7 Å². The Morgan fingerprint density at radius 1 is 1.42 bits per heavy atom. The van der Waals surface area contributed by atoms with Crippen molar-refractivity contribution < 1.29 is 14.0 Å². The number of aromatic nitrogens is 2. The molecule has 4 nitrogen and oxygen atoms in total. The zero-order chi connectivity index (χ0) is 14.0. The molecule has 102 valence electrons. The average Bonchev–Trinajstić information content (AvgIpc) is 2.86. The smallest absolute Gasteiger partial charge is 0.232 e. The van der Waals surface area contributed by atoms with Crippen molar-refractivity contribution in [2.24, 2.45) is 0 Å². The molecule has 0 radical (unpaired) electrons. The maximum absolute atomic E-state index is 13.1. The standard InChI is InChI=1S/C14H17FN2O2/c1-4-12(18)9(3)14-16-13(17-19-14)11-6-5-10(15)7-8(11)2/h5-7,9,12,18H,4H2,1-3H3. The van der Waals surface area contributed by atoms with E-state index in [9.17, 15) is 9.50 Å². The normalized spacial score (nSPS) is 14.4. The predicted octanol–water partition coefficient (Wildman–Crippen LogP) is 3.06. The van der Waals surface area contributed by atoms with Crippen molar-refractivity contribution >= 4 is 0 Å². The van der Waals surface area contributed by atoms with E-state index in [-0.39, 0.29) is 11.7 Å². The highest BCUT2D eigenvalue weighted by molar-refractivity contribution is 5.59. The molecule has 0 saturated heterocycles. The molecule has 0 bridgehead atoms. The number of benzene rings is 1. The highest BCUT2D eigenvalue weighted by atomic mass is 19.1. The molecule has 2 atom stereocenters. The summed E-state index contributed by atoms with van der Waals surface area (Å²) in [4.78, 5) is 4.28. The molecule has 1 N–H and O–H groups in total. The van der Waals surface area contributed by atoms with E-state index in [4.69, 9.17) is 4.52 Å². The van der Waals surface area contributed by atoms with Crippen molar-refractivity contribution in [3.8, 4) is 11.4 Å². The monoisotopic (exact) mass is 264 g/mol. The van der Waals surface area contributed by atoms with E-state index in [2.05, 4.69) is 10.1 Å². The van der Waals surface area contributed by atoms with Crippen LogP contribution in [0.2, 0.25) is 0 Å². The molecule has 1 aromatic carbocycles. The Hall–Kier alpha value is -1.75. The molecule has 0 amide bonds. The Kier molecular flexibility index (Phi) is 3.95. The fraction of sp³-hybridized carbons (Fsp3) is 0.429. The van der Waals surface area contributed by atoms with Crippen molar-refractivity contribution in [2.45, 2.75) is 39.2 Å². The minimum absolute atomic E-state index is 0.216. The number of hydrogen-bond acceptors (Lipinski definition) is 4. The number of aryl methyl sites for hydroxylation is 1. The van der Waals surface area contributed by atoms with Crippen molar-refractivity contribution in [1.29, 1.82) is 0 Å². The summed E-state index contributed by atoms with van der Waals surface area (Å²) in [6.07, 6.45) is 0.108. The minimum Gasteiger partial charge on any atom is -0.392 e. The Morgan fingerprint density at radius 3 is 2.79 bits per heavy atom. The van der Waals surface area contributed by atoms with Crippen LogP contribution in [0.1, 0.15) is 37.6 Å². The molecule has 0 spiro atoms. The molecular formula is C14H17FN2O2. The van der Waals surface area contributed by atoms with Crippen LogP contribution in [-0.4, -0.2) is 21.4 Å². The Balaban J connectivity index is 2.30. The molecule has 0 fully saturated rings. The summed E-state index contributed by atoms with van der Waals surface area (Å²) < 4.78 is 18.2. The summed E-state index contributed by atoms with van der Waals surface area (Å²) >= 11 is 0. The van der Waals surface area contributed by atoms with E-state index < -0.39 is 6.10 Å². The Morgan fingerprint density at radius 2 is 2.16 bits per heavy atom. The third kappa shape index (κ3) is 2.81. The number of nitrogens with zero attached hydrogens (tertiary/aromatic N) is 2. The van der Waals surface area contributed by atoms with Crippen molar-refractivity contribution in [1.82, 2.24) is 10.1 Å². The van der Waals surface area contributed by atoms with Gasteiger partial charge in [0.2, 0.25) is 11.7 Å². The summed E-state index contributed by atoms with van der Waals surface area (Å²) in [5.74, 6) is 0.308. The van der Waals surface area contributed by atoms with Gasteiger partial charge in [0.05, 0.1) is 12.0 Å². The highest BCUT2D eigenvalue weighted by Crippen LogP contribution is 2.25. The Bertz CT molecular complexity index is 568. The first-order valence-electron chi connectivity index (χ1n) is 6.31. The lowest BCUT2D eigenvalue weighted by Gasteiger charge is -2.11. The molecule has 2 unspecified atom stereocenters. The number of hydrogen-bond donors (Lipinski definition) is 1. The molecular weight excluding hydrogens is 247 g/mol. The second kappa shape index (κ2) is 5.48. The fourth-order valence-electron chi connectivity index (χ4n) is 1.93. The molecule has 0 aliphatic rings. The van der Waals surface area contributed by atoms with Crippen LogP contribution in [0.3, 0.4) is 0 Å². The van der Waals surface area contributed by atoms with Gasteiger partial charge in [-0.1, -0.05) is 19.0 Å². The third-order valence-corrected chi connectivity index (χ3v) is 3.26. The van der Waals surface area contributed by atoms with Gasteiger partial charge in [0.15, 0.2) is 0 Å². The van der Waals surface area contributed by atoms with Crippen molar-refractivity contribution in [2.75, 3.05) is 0 Å². The molecule has 2 aromatic rings. The molecule has 5 heteroatoms. The maximum Gasteiger partial charge on any atom is 0.232 e. The first-order valence-corrected chi connectivity index (χ1v) is 6.31. The van der Waals surface area contributed by atoms with E-state index in [0.29, 0.717) is 18.1 Å². The largest absolute Gasteiger partial charge is 0.392 e. The van der Waals surface area contributed by atoms with E-state index in [1.807, 2.05) is 13.8 Å². The van der Waals surface area contributed by atoms with Crippen molar-refractivity contribution in [3.63, 3.8) is 0 Å². The summed E-state index contributed by atoms with van der Waals surface area (Å²) in [6.45, 7) is 5.52. The van der Waals surface area contributed by atoms with Gasteiger partial charge in [0.25, 0.3) is 0 Å². The molecule has 1 aromatic heterocycles. The third-order valence-electron chi connectivity index (χ3n) is 3.26. The van der Waals surface area contributed by atoms with Gasteiger partial charge in [-0.25, -0.2) is 4.39 Å². The number of halogens is 1. The second-order valence-corrected chi connectivity index (χ2v) is 4.68. The number of aliphatic hydroxyl groups excluding tert-OH is 1. The first-order chi connectivity index (χ1) is 9.02. The van der Waals surface area contributed by atoms with Crippen LogP contribution < -0.4 is 0 Å². The molecule has 19 heavy (non-hydrogen) atoms. The lowest BCUT2D eigenvalue weighted by atomic mass is 10.0. The van der Waals surface area contributed by atoms with Gasteiger partial charge < -0.3 is 9.63 Å². The van der Waals surface area contributed by atoms with Gasteiger partial charge in [-0.05, 0) is 37.1 Å². The topological polar surface area (TPSA) is 59.2 Å². The first kappa shape index (κ1) is 13.7. The molecule has 0 saturated carbocycles. The SMILES string of the molecule is CCC(O)C(C)c1nc(-c2ccc(F)cc2C)no1. The maximum atomic E-state index is 13.1. The number of aliphatic hydroxyl groups is 1.